The van der Waals surface area contributed by atoms with Crippen LogP contribution in [0.3, 0.4) is 0 Å². The summed E-state index contributed by atoms with van der Waals surface area (Å²) < 4.78 is 3.20. The summed E-state index contributed by atoms with van der Waals surface area (Å²) in [6, 6.07) is 10.8. The Bertz CT molecular complexity index is 1310. The van der Waals surface area contributed by atoms with E-state index in [4.69, 9.17) is 5.73 Å². The highest BCUT2D eigenvalue weighted by molar-refractivity contribution is 9.10. The van der Waals surface area contributed by atoms with Crippen molar-refractivity contribution >= 4 is 54.5 Å². The Morgan fingerprint density at radius 1 is 1.19 bits per heavy atom. The highest BCUT2D eigenvalue weighted by Crippen LogP contribution is 2.32. The first-order valence-corrected chi connectivity index (χ1v) is 11.6. The summed E-state index contributed by atoms with van der Waals surface area (Å²) in [4.78, 5) is 24.4. The fourth-order valence-electron chi connectivity index (χ4n) is 3.95. The molecular weight excluding hydrogens is 540 g/mol. The molecule has 1 atom stereocenters. The quantitative estimate of drug-likeness (QED) is 0.404. The fraction of sp³-hybridized carbons (Fsp3) is 0.238. The number of nitrogen functional groups attached to an aromatic ring is 1. The van der Waals surface area contributed by atoms with E-state index in [0.717, 1.165) is 36.1 Å². The van der Waals surface area contributed by atoms with Gasteiger partial charge in [-0.15, -0.1) is 5.10 Å². The number of hydrogen-bond donors (Lipinski definition) is 1. The van der Waals surface area contributed by atoms with Crippen molar-refractivity contribution in [3.05, 3.63) is 68.9 Å². The maximum atomic E-state index is 13.8. The Balaban J connectivity index is 1.55. The molecule has 1 aromatic carbocycles. The van der Waals surface area contributed by atoms with Gasteiger partial charge < -0.3 is 10.6 Å². The van der Waals surface area contributed by atoms with Gasteiger partial charge in [0.15, 0.2) is 0 Å². The first-order valence-electron chi connectivity index (χ1n) is 10.0. The van der Waals surface area contributed by atoms with E-state index in [2.05, 4.69) is 57.1 Å². The molecule has 1 amide bonds. The lowest BCUT2D eigenvalue weighted by atomic mass is 10.0. The number of benzene rings is 1. The van der Waals surface area contributed by atoms with Crippen LogP contribution in [0.15, 0.2) is 51.8 Å². The van der Waals surface area contributed by atoms with Gasteiger partial charge in [0.1, 0.15) is 22.6 Å². The van der Waals surface area contributed by atoms with Gasteiger partial charge in [-0.25, -0.2) is 14.6 Å². The summed E-state index contributed by atoms with van der Waals surface area (Å²) in [6.07, 6.45) is 3.25. The molecule has 0 saturated heterocycles. The lowest BCUT2D eigenvalue weighted by Crippen LogP contribution is -2.38. The first-order chi connectivity index (χ1) is 15.5. The maximum absolute atomic E-state index is 13.8. The molecule has 0 fully saturated rings. The van der Waals surface area contributed by atoms with Crippen LogP contribution in [0.2, 0.25) is 0 Å². The number of anilines is 1. The zero-order valence-corrected chi connectivity index (χ0v) is 20.0. The minimum atomic E-state index is -0.212. The van der Waals surface area contributed by atoms with Crippen LogP contribution in [0.5, 0.6) is 0 Å². The van der Waals surface area contributed by atoms with Crippen molar-refractivity contribution in [3.8, 4) is 0 Å². The number of carbonyl (C=O) groups excluding carboxylic acids is 1. The summed E-state index contributed by atoms with van der Waals surface area (Å²) in [6.45, 7) is 1.10. The molecule has 1 aliphatic rings. The number of rotatable bonds is 4. The maximum Gasteiger partial charge on any atom is 0.254 e. The van der Waals surface area contributed by atoms with Crippen LogP contribution >= 0.6 is 31.9 Å². The normalized spacial score (nSPS) is 15.5. The van der Waals surface area contributed by atoms with Crippen molar-refractivity contribution in [2.45, 2.75) is 32.0 Å². The fourth-order valence-corrected chi connectivity index (χ4v) is 4.50. The second-order valence-corrected chi connectivity index (χ2v) is 9.21. The summed E-state index contributed by atoms with van der Waals surface area (Å²) >= 11 is 6.72. The average molecular weight is 558 g/mol. The largest absolute Gasteiger partial charge is 0.383 e. The third-order valence-electron chi connectivity index (χ3n) is 5.49. The van der Waals surface area contributed by atoms with Gasteiger partial charge in [0, 0.05) is 17.5 Å². The number of nitrogens with zero attached hydrogens (tertiary/aromatic N) is 7. The van der Waals surface area contributed by atoms with Crippen LogP contribution in [0, 0.1) is 0 Å². The molecule has 9 nitrogen and oxygen atoms in total. The molecule has 3 aromatic heterocycles. The lowest BCUT2D eigenvalue weighted by Gasteiger charge is -2.33. The standard InChI is InChI=1S/C21H18Br2N8O/c22-15-9-13-8-12(3-5-16(13)27-19(15)24)21(32)30(10-14-4-6-18(23)29-28-14)17-2-1-7-31-20(17)25-11-26-31/h3-6,8-9,11,17H,1-2,7,10H2,(H2,24,27). The van der Waals surface area contributed by atoms with Gasteiger partial charge in [0.25, 0.3) is 5.91 Å². The second kappa shape index (κ2) is 8.55. The summed E-state index contributed by atoms with van der Waals surface area (Å²) in [5.41, 5.74) is 7.87. The first kappa shape index (κ1) is 21.0. The smallest absolute Gasteiger partial charge is 0.254 e. The third kappa shape index (κ3) is 3.97. The SMILES string of the molecule is Nc1nc2ccc(C(=O)N(Cc3ccc(Br)nn3)C3CCCn4ncnc43)cc2cc1Br. The van der Waals surface area contributed by atoms with E-state index >= 15 is 0 Å². The zero-order valence-electron chi connectivity index (χ0n) is 16.8. The Kier molecular flexibility index (Phi) is 5.60. The Morgan fingerprint density at radius 3 is 2.88 bits per heavy atom. The highest BCUT2D eigenvalue weighted by Gasteiger charge is 2.32. The minimum absolute atomic E-state index is 0.119. The summed E-state index contributed by atoms with van der Waals surface area (Å²) in [5, 5.41) is 13.4. The number of aryl methyl sites for hydroxylation is 1. The molecule has 5 rings (SSSR count). The van der Waals surface area contributed by atoms with Gasteiger partial charge in [-0.05, 0) is 81.1 Å². The van der Waals surface area contributed by atoms with E-state index in [1.807, 2.05) is 35.0 Å². The number of nitrogens with two attached hydrogens (primary N) is 1. The van der Waals surface area contributed by atoms with Gasteiger partial charge in [-0.2, -0.15) is 10.2 Å². The van der Waals surface area contributed by atoms with Gasteiger partial charge in [-0.1, -0.05) is 0 Å². The van der Waals surface area contributed by atoms with Gasteiger partial charge in [0.2, 0.25) is 0 Å². The number of carbonyl (C=O) groups is 1. The summed E-state index contributed by atoms with van der Waals surface area (Å²) in [7, 11) is 0. The Labute approximate surface area is 200 Å². The van der Waals surface area contributed by atoms with Crippen LogP contribution in [-0.2, 0) is 13.1 Å². The van der Waals surface area contributed by atoms with E-state index in [9.17, 15) is 4.79 Å². The predicted molar refractivity (Wildman–Crippen MR) is 125 cm³/mol. The molecule has 1 aliphatic heterocycles. The molecular formula is C21H18Br2N8O. The number of halogens is 2. The number of aromatic nitrogens is 6. The van der Waals surface area contributed by atoms with E-state index in [1.54, 1.807) is 17.3 Å². The van der Waals surface area contributed by atoms with E-state index in [1.165, 1.54) is 0 Å². The summed E-state index contributed by atoms with van der Waals surface area (Å²) in [5.74, 6) is 1.08. The molecule has 1 unspecified atom stereocenters. The van der Waals surface area contributed by atoms with Crippen LogP contribution in [0.4, 0.5) is 5.82 Å². The molecule has 11 heteroatoms. The molecule has 4 heterocycles. The molecule has 0 radical (unpaired) electrons. The third-order valence-corrected chi connectivity index (χ3v) is 6.55. The predicted octanol–water partition coefficient (Wildman–Crippen LogP) is 3.90. The molecule has 0 aliphatic carbocycles. The monoisotopic (exact) mass is 556 g/mol. The average Bonchev–Trinajstić information content (AvgIpc) is 3.28. The van der Waals surface area contributed by atoms with Crippen LogP contribution in [-0.4, -0.2) is 40.8 Å². The van der Waals surface area contributed by atoms with E-state index in [-0.39, 0.29) is 11.9 Å². The van der Waals surface area contributed by atoms with Crippen LogP contribution in [0.1, 0.15) is 40.8 Å². The molecule has 2 N–H and O–H groups in total. The van der Waals surface area contributed by atoms with E-state index < -0.39 is 0 Å². The molecule has 162 valence electrons. The van der Waals surface area contributed by atoms with Gasteiger partial charge in [0.05, 0.1) is 28.3 Å². The highest BCUT2D eigenvalue weighted by atomic mass is 79.9. The van der Waals surface area contributed by atoms with Crippen LogP contribution in [0.25, 0.3) is 10.9 Å². The molecule has 0 spiro atoms. The van der Waals surface area contributed by atoms with Gasteiger partial charge in [-0.3, -0.25) is 4.79 Å². The molecule has 0 bridgehead atoms. The lowest BCUT2D eigenvalue weighted by molar-refractivity contribution is 0.0607. The van der Waals surface area contributed by atoms with E-state index in [0.29, 0.717) is 32.7 Å². The molecule has 32 heavy (non-hydrogen) atoms. The number of fused-ring (bicyclic) bond motifs is 2. The Hall–Kier alpha value is -2.92. The Morgan fingerprint density at radius 2 is 2.06 bits per heavy atom. The molecule has 4 aromatic rings. The van der Waals surface area contributed by atoms with Crippen molar-refractivity contribution in [2.75, 3.05) is 5.73 Å². The van der Waals surface area contributed by atoms with Crippen molar-refractivity contribution in [1.29, 1.82) is 0 Å². The minimum Gasteiger partial charge on any atom is -0.383 e. The second-order valence-electron chi connectivity index (χ2n) is 7.54. The molecule has 0 saturated carbocycles. The topological polar surface area (TPSA) is 116 Å². The van der Waals surface area contributed by atoms with Crippen molar-refractivity contribution in [1.82, 2.24) is 34.8 Å². The number of hydrogen-bond acceptors (Lipinski definition) is 7. The zero-order chi connectivity index (χ0) is 22.2. The number of amides is 1. The van der Waals surface area contributed by atoms with Crippen molar-refractivity contribution in [2.24, 2.45) is 0 Å². The van der Waals surface area contributed by atoms with Gasteiger partial charge >= 0.3 is 0 Å². The van der Waals surface area contributed by atoms with Crippen molar-refractivity contribution in [3.63, 3.8) is 0 Å². The van der Waals surface area contributed by atoms with Crippen LogP contribution < -0.4 is 5.73 Å². The number of pyridine rings is 1. The van der Waals surface area contributed by atoms with Crippen molar-refractivity contribution < 1.29 is 4.79 Å².